The average molecular weight is 319 g/mol. The van der Waals surface area contributed by atoms with E-state index in [9.17, 15) is 14.4 Å². The molecule has 3 N–H and O–H groups in total. The number of rotatable bonds is 6. The molecule has 3 amide bonds. The summed E-state index contributed by atoms with van der Waals surface area (Å²) in [6.45, 7) is 1.44. The fourth-order valence-corrected chi connectivity index (χ4v) is 2.47. The Bertz CT molecular complexity index is 556. The summed E-state index contributed by atoms with van der Waals surface area (Å²) in [6, 6.07) is 8.23. The van der Waals surface area contributed by atoms with Crippen molar-refractivity contribution in [2.24, 2.45) is 5.73 Å². The zero-order valence-electron chi connectivity index (χ0n) is 12.9. The molecule has 1 aromatic rings. The maximum Gasteiger partial charge on any atom is 0.312 e. The number of urea groups is 1. The van der Waals surface area contributed by atoms with E-state index in [4.69, 9.17) is 10.5 Å². The van der Waals surface area contributed by atoms with Gasteiger partial charge in [0.15, 0.2) is 0 Å². The van der Waals surface area contributed by atoms with Crippen LogP contribution in [0.5, 0.6) is 0 Å². The number of carbonyl (C=O) groups is 3. The first-order valence-electron chi connectivity index (χ1n) is 7.64. The quantitative estimate of drug-likeness (QED) is 0.762. The molecule has 2 rings (SSSR count). The summed E-state index contributed by atoms with van der Waals surface area (Å²) in [5.74, 6) is -0.759. The van der Waals surface area contributed by atoms with Gasteiger partial charge < -0.3 is 20.7 Å². The summed E-state index contributed by atoms with van der Waals surface area (Å²) < 4.78 is 5.37. The summed E-state index contributed by atoms with van der Waals surface area (Å²) in [6.07, 6.45) is 0.933. The van der Waals surface area contributed by atoms with Gasteiger partial charge in [-0.3, -0.25) is 9.59 Å². The molecule has 7 heteroatoms. The van der Waals surface area contributed by atoms with E-state index in [1.54, 1.807) is 29.2 Å². The monoisotopic (exact) mass is 319 g/mol. The van der Waals surface area contributed by atoms with Crippen LogP contribution in [0.2, 0.25) is 0 Å². The molecule has 0 spiro atoms. The van der Waals surface area contributed by atoms with Crippen LogP contribution in [0.1, 0.15) is 30.9 Å². The van der Waals surface area contributed by atoms with Crippen LogP contribution in [-0.4, -0.2) is 42.4 Å². The average Bonchev–Trinajstić information content (AvgIpc) is 3.07. The smallest absolute Gasteiger partial charge is 0.312 e. The number of esters is 1. The summed E-state index contributed by atoms with van der Waals surface area (Å²) in [5, 5.41) is 2.32. The van der Waals surface area contributed by atoms with Crippen molar-refractivity contribution in [1.82, 2.24) is 10.2 Å². The molecule has 7 nitrogen and oxygen atoms in total. The highest BCUT2D eigenvalue weighted by Gasteiger charge is 2.30. The lowest BCUT2D eigenvalue weighted by Gasteiger charge is -2.23. The fourth-order valence-electron chi connectivity index (χ4n) is 2.47. The molecule has 1 aliphatic heterocycles. The highest BCUT2D eigenvalue weighted by molar-refractivity contribution is 5.85. The molecule has 0 bridgehead atoms. The Morgan fingerprint density at radius 2 is 1.83 bits per heavy atom. The highest BCUT2D eigenvalue weighted by Crippen LogP contribution is 2.23. The summed E-state index contributed by atoms with van der Waals surface area (Å²) >= 11 is 0. The molecular formula is C16H21N3O4. The molecule has 0 aliphatic carbocycles. The number of hydrogen-bond donors (Lipinski definition) is 2. The molecule has 1 aromatic carbocycles. The lowest BCUT2D eigenvalue weighted by atomic mass is 10.1. The van der Waals surface area contributed by atoms with Crippen molar-refractivity contribution in [3.8, 4) is 0 Å². The lowest BCUT2D eigenvalue weighted by molar-refractivity contribution is -0.160. The summed E-state index contributed by atoms with van der Waals surface area (Å²) in [5.41, 5.74) is 5.58. The van der Waals surface area contributed by atoms with Crippen molar-refractivity contribution in [2.45, 2.75) is 25.4 Å². The Hall–Kier alpha value is -2.57. The van der Waals surface area contributed by atoms with Crippen molar-refractivity contribution in [1.29, 1.82) is 0 Å². The number of carbonyl (C=O) groups excluding carboxylic acids is 3. The Labute approximate surface area is 134 Å². The number of primary amides is 1. The number of nitrogens with two attached hydrogens (primary N) is 1. The van der Waals surface area contributed by atoms with Gasteiger partial charge in [-0.1, -0.05) is 30.3 Å². The number of nitrogens with one attached hydrogen (secondary N) is 1. The SMILES string of the molecule is NC(=O)NCCC(=O)O[C@H](C(=O)N1CCCC1)c1ccccc1. The molecule has 23 heavy (non-hydrogen) atoms. The minimum atomic E-state index is -0.949. The third kappa shape index (κ3) is 4.98. The second kappa shape index (κ2) is 8.17. The lowest BCUT2D eigenvalue weighted by Crippen LogP contribution is -2.36. The van der Waals surface area contributed by atoms with Crippen LogP contribution in [0.4, 0.5) is 4.79 Å². The van der Waals surface area contributed by atoms with E-state index in [2.05, 4.69) is 5.32 Å². The minimum absolute atomic E-state index is 0.0421. The summed E-state index contributed by atoms with van der Waals surface area (Å²) in [7, 11) is 0. The van der Waals surface area contributed by atoms with Crippen LogP contribution in [0.25, 0.3) is 0 Å². The minimum Gasteiger partial charge on any atom is -0.447 e. The number of hydrogen-bond acceptors (Lipinski definition) is 4. The van der Waals surface area contributed by atoms with Gasteiger partial charge in [0.05, 0.1) is 6.42 Å². The molecule has 1 fully saturated rings. The van der Waals surface area contributed by atoms with Gasteiger partial charge in [0.2, 0.25) is 6.10 Å². The highest BCUT2D eigenvalue weighted by atomic mass is 16.5. The Morgan fingerprint density at radius 1 is 1.17 bits per heavy atom. The molecule has 1 saturated heterocycles. The zero-order chi connectivity index (χ0) is 16.7. The third-order valence-corrected chi connectivity index (χ3v) is 3.62. The molecule has 0 saturated carbocycles. The van der Waals surface area contributed by atoms with Crippen molar-refractivity contribution in [3.05, 3.63) is 35.9 Å². The maximum absolute atomic E-state index is 12.6. The number of nitrogens with zero attached hydrogens (tertiary/aromatic N) is 1. The van der Waals surface area contributed by atoms with Crippen LogP contribution >= 0.6 is 0 Å². The normalized spacial score (nSPS) is 15.0. The van der Waals surface area contributed by atoms with Gasteiger partial charge in [0.25, 0.3) is 5.91 Å². The van der Waals surface area contributed by atoms with Gasteiger partial charge in [0, 0.05) is 25.2 Å². The van der Waals surface area contributed by atoms with Gasteiger partial charge in [-0.25, -0.2) is 4.79 Å². The molecule has 1 aliphatic rings. The molecule has 0 aromatic heterocycles. The number of benzene rings is 1. The van der Waals surface area contributed by atoms with Gasteiger partial charge in [-0.05, 0) is 12.8 Å². The molecule has 124 valence electrons. The predicted octanol–water partition coefficient (Wildman–Crippen LogP) is 0.952. The Morgan fingerprint density at radius 3 is 2.43 bits per heavy atom. The van der Waals surface area contributed by atoms with E-state index in [-0.39, 0.29) is 18.9 Å². The van der Waals surface area contributed by atoms with Crippen molar-refractivity contribution >= 4 is 17.9 Å². The van der Waals surface area contributed by atoms with Crippen LogP contribution in [0, 0.1) is 0 Å². The number of ether oxygens (including phenoxy) is 1. The molecular weight excluding hydrogens is 298 g/mol. The van der Waals surface area contributed by atoms with Crippen LogP contribution in [0.15, 0.2) is 30.3 Å². The molecule has 1 heterocycles. The van der Waals surface area contributed by atoms with Crippen molar-refractivity contribution in [3.63, 3.8) is 0 Å². The van der Waals surface area contributed by atoms with Crippen LogP contribution in [-0.2, 0) is 14.3 Å². The first-order chi connectivity index (χ1) is 11.1. The van der Waals surface area contributed by atoms with Crippen LogP contribution in [0.3, 0.4) is 0 Å². The largest absolute Gasteiger partial charge is 0.447 e. The van der Waals surface area contributed by atoms with E-state index in [1.165, 1.54) is 0 Å². The molecule has 0 unspecified atom stereocenters. The van der Waals surface area contributed by atoms with Crippen molar-refractivity contribution < 1.29 is 19.1 Å². The van der Waals surface area contributed by atoms with E-state index in [1.807, 2.05) is 6.07 Å². The molecule has 0 radical (unpaired) electrons. The second-order valence-electron chi connectivity index (χ2n) is 5.35. The van der Waals surface area contributed by atoms with Gasteiger partial charge in [-0.15, -0.1) is 0 Å². The van der Waals surface area contributed by atoms with Crippen molar-refractivity contribution in [2.75, 3.05) is 19.6 Å². The predicted molar refractivity (Wildman–Crippen MR) is 83.3 cm³/mol. The topological polar surface area (TPSA) is 102 Å². The molecule has 1 atom stereocenters. The Balaban J connectivity index is 2.03. The van der Waals surface area contributed by atoms with Gasteiger partial charge >= 0.3 is 12.0 Å². The Kier molecular flexibility index (Phi) is 5.96. The van der Waals surface area contributed by atoms with Gasteiger partial charge in [-0.2, -0.15) is 0 Å². The first kappa shape index (κ1) is 16.8. The number of likely N-dealkylation sites (tertiary alicyclic amines) is 1. The van der Waals surface area contributed by atoms with Crippen LogP contribution < -0.4 is 11.1 Å². The fraction of sp³-hybridized carbons (Fsp3) is 0.438. The second-order valence-corrected chi connectivity index (χ2v) is 5.35. The number of amides is 3. The van der Waals surface area contributed by atoms with E-state index in [0.29, 0.717) is 18.7 Å². The standard InChI is InChI=1S/C16H21N3O4/c17-16(22)18-9-8-13(20)23-14(12-6-2-1-3-7-12)15(21)19-10-4-5-11-19/h1-3,6-7,14H,4-5,8-11H2,(H3,17,18,22)/t14-/m0/s1. The van der Waals surface area contributed by atoms with E-state index in [0.717, 1.165) is 12.8 Å². The zero-order valence-corrected chi connectivity index (χ0v) is 12.9. The first-order valence-corrected chi connectivity index (χ1v) is 7.64. The van der Waals surface area contributed by atoms with Gasteiger partial charge in [0.1, 0.15) is 0 Å². The maximum atomic E-state index is 12.6. The third-order valence-electron chi connectivity index (χ3n) is 3.62. The van der Waals surface area contributed by atoms with E-state index >= 15 is 0 Å². The van der Waals surface area contributed by atoms with E-state index < -0.39 is 18.1 Å². The summed E-state index contributed by atoms with van der Waals surface area (Å²) in [4.78, 5) is 36.9.